The summed E-state index contributed by atoms with van der Waals surface area (Å²) in [6.07, 6.45) is 0. The van der Waals surface area contributed by atoms with E-state index >= 15 is 0 Å². The second-order valence-corrected chi connectivity index (χ2v) is 2.96. The van der Waals surface area contributed by atoms with Gasteiger partial charge >= 0.3 is 0 Å². The van der Waals surface area contributed by atoms with E-state index in [0.717, 1.165) is 0 Å². The van der Waals surface area contributed by atoms with E-state index in [1.54, 1.807) is 13.8 Å². The Hall–Kier alpha value is -0.940. The van der Waals surface area contributed by atoms with E-state index in [1.165, 1.54) is 0 Å². The van der Waals surface area contributed by atoms with Crippen LogP contribution in [0.5, 0.6) is 0 Å². The van der Waals surface area contributed by atoms with Crippen LogP contribution in [0.15, 0.2) is 4.52 Å². The van der Waals surface area contributed by atoms with Crippen LogP contribution in [0.4, 0.5) is 0 Å². The summed E-state index contributed by atoms with van der Waals surface area (Å²) in [5, 5.41) is 3.70. The van der Waals surface area contributed by atoms with Crippen LogP contribution >= 0.6 is 0 Å². The van der Waals surface area contributed by atoms with Crippen molar-refractivity contribution in [3.63, 3.8) is 0 Å². The maximum atomic E-state index is 5.45. The number of rotatable bonds is 5. The summed E-state index contributed by atoms with van der Waals surface area (Å²) in [7, 11) is 0. The van der Waals surface area contributed by atoms with Gasteiger partial charge in [-0.3, -0.25) is 0 Å². The van der Waals surface area contributed by atoms with Crippen LogP contribution in [0.3, 0.4) is 0 Å². The molecule has 0 unspecified atom stereocenters. The molecule has 0 radical (unpaired) electrons. The molecule has 0 fully saturated rings. The van der Waals surface area contributed by atoms with E-state index in [1.807, 2.05) is 13.8 Å². The molecule has 0 aliphatic carbocycles. The Morgan fingerprint density at radius 2 is 1.86 bits per heavy atom. The molecule has 5 heteroatoms. The average molecular weight is 200 g/mol. The highest BCUT2D eigenvalue weighted by Gasteiger charge is 2.34. The van der Waals surface area contributed by atoms with Gasteiger partial charge in [0.1, 0.15) is 0 Å². The number of nitrogens with zero attached hydrogens (tertiary/aromatic N) is 2. The van der Waals surface area contributed by atoms with Gasteiger partial charge in [0.05, 0.1) is 0 Å². The molecule has 0 aromatic carbocycles. The zero-order valence-electron chi connectivity index (χ0n) is 9.03. The molecule has 0 aliphatic rings. The van der Waals surface area contributed by atoms with Crippen molar-refractivity contribution in [2.45, 2.75) is 33.5 Å². The maximum Gasteiger partial charge on any atom is 0.286 e. The summed E-state index contributed by atoms with van der Waals surface area (Å²) < 4.78 is 15.9. The van der Waals surface area contributed by atoms with E-state index in [-0.39, 0.29) is 0 Å². The van der Waals surface area contributed by atoms with Gasteiger partial charge in [0.25, 0.3) is 5.89 Å². The minimum absolute atomic E-state index is 0.360. The van der Waals surface area contributed by atoms with Crippen LogP contribution in [0.25, 0.3) is 0 Å². The number of ether oxygens (including phenoxy) is 2. The van der Waals surface area contributed by atoms with Crippen molar-refractivity contribution in [1.29, 1.82) is 0 Å². The predicted octanol–water partition coefficient (Wildman–Crippen LogP) is 1.62. The molecule has 1 rings (SSSR count). The summed E-state index contributed by atoms with van der Waals surface area (Å²) in [5.74, 6) is 0.00873. The first-order chi connectivity index (χ1) is 6.62. The van der Waals surface area contributed by atoms with Crippen LogP contribution in [0.1, 0.15) is 32.5 Å². The van der Waals surface area contributed by atoms with Crippen LogP contribution < -0.4 is 0 Å². The molecule has 1 heterocycles. The van der Waals surface area contributed by atoms with Gasteiger partial charge in [0.15, 0.2) is 5.82 Å². The maximum absolute atomic E-state index is 5.45. The molecular weight excluding hydrogens is 184 g/mol. The summed E-state index contributed by atoms with van der Waals surface area (Å²) in [6, 6.07) is 0. The second-order valence-electron chi connectivity index (χ2n) is 2.96. The molecule has 0 atom stereocenters. The third kappa shape index (κ3) is 2.30. The molecular formula is C9H16N2O3. The first-order valence-corrected chi connectivity index (χ1v) is 4.71. The normalized spacial score (nSPS) is 12.0. The van der Waals surface area contributed by atoms with Crippen molar-refractivity contribution in [3.05, 3.63) is 11.7 Å². The van der Waals surface area contributed by atoms with Gasteiger partial charge in [0, 0.05) is 13.2 Å². The number of aromatic nitrogens is 2. The minimum atomic E-state index is -0.926. The summed E-state index contributed by atoms with van der Waals surface area (Å²) in [4.78, 5) is 4.09. The predicted molar refractivity (Wildman–Crippen MR) is 49.6 cm³/mol. The van der Waals surface area contributed by atoms with E-state index in [0.29, 0.717) is 24.9 Å². The van der Waals surface area contributed by atoms with Crippen LogP contribution in [-0.4, -0.2) is 23.4 Å². The van der Waals surface area contributed by atoms with Gasteiger partial charge in [-0.25, -0.2) is 0 Å². The molecule has 0 amide bonds. The van der Waals surface area contributed by atoms with Crippen LogP contribution in [0.2, 0.25) is 0 Å². The van der Waals surface area contributed by atoms with Gasteiger partial charge in [-0.2, -0.15) is 4.98 Å². The van der Waals surface area contributed by atoms with E-state index < -0.39 is 5.79 Å². The Labute approximate surface area is 83.4 Å². The molecule has 0 N–H and O–H groups in total. The van der Waals surface area contributed by atoms with Crippen molar-refractivity contribution in [1.82, 2.24) is 10.1 Å². The third-order valence-electron chi connectivity index (χ3n) is 1.76. The molecule has 0 spiro atoms. The smallest absolute Gasteiger partial charge is 0.286 e. The first kappa shape index (κ1) is 11.1. The monoisotopic (exact) mass is 200 g/mol. The van der Waals surface area contributed by atoms with Crippen molar-refractivity contribution in [2.75, 3.05) is 13.2 Å². The summed E-state index contributed by atoms with van der Waals surface area (Å²) in [6.45, 7) is 8.36. The molecule has 1 aromatic rings. The largest absolute Gasteiger partial charge is 0.343 e. The van der Waals surface area contributed by atoms with Crippen LogP contribution in [0, 0.1) is 6.92 Å². The third-order valence-corrected chi connectivity index (χ3v) is 1.76. The molecule has 14 heavy (non-hydrogen) atoms. The summed E-state index contributed by atoms with van der Waals surface area (Å²) >= 11 is 0. The number of hydrogen-bond acceptors (Lipinski definition) is 5. The minimum Gasteiger partial charge on any atom is -0.343 e. The fourth-order valence-corrected chi connectivity index (χ4v) is 1.20. The van der Waals surface area contributed by atoms with E-state index in [2.05, 4.69) is 10.1 Å². The zero-order chi connectivity index (χ0) is 10.6. The highest BCUT2D eigenvalue weighted by atomic mass is 16.7. The highest BCUT2D eigenvalue weighted by molar-refractivity contribution is 4.91. The van der Waals surface area contributed by atoms with Crippen molar-refractivity contribution < 1.29 is 14.0 Å². The quantitative estimate of drug-likeness (QED) is 0.676. The molecule has 0 saturated carbocycles. The topological polar surface area (TPSA) is 57.4 Å². The number of aryl methyl sites for hydroxylation is 1. The molecule has 0 saturated heterocycles. The second kappa shape index (κ2) is 4.52. The molecule has 0 aliphatic heterocycles. The Balaban J connectivity index is 2.86. The molecule has 0 bridgehead atoms. The van der Waals surface area contributed by atoms with Gasteiger partial charge in [-0.15, -0.1) is 0 Å². The Morgan fingerprint density at radius 3 is 2.21 bits per heavy atom. The van der Waals surface area contributed by atoms with Crippen LogP contribution in [-0.2, 0) is 15.3 Å². The molecule has 80 valence electrons. The van der Waals surface area contributed by atoms with E-state index in [9.17, 15) is 0 Å². The summed E-state index contributed by atoms with van der Waals surface area (Å²) in [5.41, 5.74) is 0. The first-order valence-electron chi connectivity index (χ1n) is 4.71. The lowest BCUT2D eigenvalue weighted by atomic mass is 10.3. The average Bonchev–Trinajstić information content (AvgIpc) is 2.53. The zero-order valence-corrected chi connectivity index (χ0v) is 9.03. The van der Waals surface area contributed by atoms with Gasteiger partial charge in [-0.1, -0.05) is 5.16 Å². The fourth-order valence-electron chi connectivity index (χ4n) is 1.20. The van der Waals surface area contributed by atoms with Gasteiger partial charge in [-0.05, 0) is 27.7 Å². The highest BCUT2D eigenvalue weighted by Crippen LogP contribution is 2.24. The molecule has 1 aromatic heterocycles. The Kier molecular flexibility index (Phi) is 3.60. The van der Waals surface area contributed by atoms with Crippen molar-refractivity contribution >= 4 is 0 Å². The van der Waals surface area contributed by atoms with Crippen molar-refractivity contribution in [2.24, 2.45) is 0 Å². The molecule has 5 nitrogen and oxygen atoms in total. The van der Waals surface area contributed by atoms with Gasteiger partial charge < -0.3 is 14.0 Å². The fraction of sp³-hybridized carbons (Fsp3) is 0.778. The standard InChI is InChI=1S/C9H16N2O3/c1-5-12-9(4,13-6-2)8-10-7(3)11-14-8/h5-6H2,1-4H3. The Morgan fingerprint density at radius 1 is 1.29 bits per heavy atom. The lowest BCUT2D eigenvalue weighted by molar-refractivity contribution is -0.243. The van der Waals surface area contributed by atoms with E-state index in [4.69, 9.17) is 14.0 Å². The lowest BCUT2D eigenvalue weighted by Crippen LogP contribution is -2.30. The van der Waals surface area contributed by atoms with Crippen molar-refractivity contribution in [3.8, 4) is 0 Å². The lowest BCUT2D eigenvalue weighted by Gasteiger charge is -2.24. The SMILES string of the molecule is CCOC(C)(OCC)c1nc(C)no1. The number of hydrogen-bond donors (Lipinski definition) is 0. The Bertz CT molecular complexity index is 279. The van der Waals surface area contributed by atoms with Gasteiger partial charge in [0.2, 0.25) is 5.79 Å².